The van der Waals surface area contributed by atoms with Crippen molar-refractivity contribution in [3.63, 3.8) is 0 Å². The molecule has 0 saturated carbocycles. The van der Waals surface area contributed by atoms with Gasteiger partial charge in [-0.05, 0) is 44.0 Å². The fourth-order valence-electron chi connectivity index (χ4n) is 1.74. The van der Waals surface area contributed by atoms with E-state index in [2.05, 4.69) is 52.5 Å². The van der Waals surface area contributed by atoms with E-state index in [1.807, 2.05) is 0 Å². The van der Waals surface area contributed by atoms with Crippen molar-refractivity contribution in [3.8, 4) is 5.75 Å². The molecular formula is C14H2Br3F4O4-. The van der Waals surface area contributed by atoms with Crippen molar-refractivity contribution in [2.45, 2.75) is 0 Å². The quantitative estimate of drug-likeness (QED) is 0.190. The number of carboxylic acids is 1. The summed E-state index contributed by atoms with van der Waals surface area (Å²) in [7, 11) is 0. The Balaban J connectivity index is 2.62. The van der Waals surface area contributed by atoms with E-state index in [4.69, 9.17) is 0 Å². The van der Waals surface area contributed by atoms with Crippen LogP contribution < -0.4 is 9.84 Å². The first kappa shape index (κ1) is 19.9. The first-order valence-electron chi connectivity index (χ1n) is 6.00. The molecule has 0 amide bonds. The summed E-state index contributed by atoms with van der Waals surface area (Å²) in [5.74, 6) is -14.5. The van der Waals surface area contributed by atoms with Crippen LogP contribution in [0, 0.1) is 23.3 Å². The molecule has 0 spiro atoms. The van der Waals surface area contributed by atoms with Gasteiger partial charge in [0, 0.05) is 13.4 Å². The smallest absolute Gasteiger partial charge is 0.344 e. The molecular weight excluding hydrogens is 548 g/mol. The van der Waals surface area contributed by atoms with Crippen molar-refractivity contribution in [1.82, 2.24) is 0 Å². The highest BCUT2D eigenvalue weighted by atomic mass is 79.9. The molecule has 11 heteroatoms. The highest BCUT2D eigenvalue weighted by Crippen LogP contribution is 2.34. The van der Waals surface area contributed by atoms with Gasteiger partial charge in [0.1, 0.15) is 0 Å². The van der Waals surface area contributed by atoms with Gasteiger partial charge in [0.05, 0.1) is 17.1 Å². The lowest BCUT2D eigenvalue weighted by Gasteiger charge is -2.15. The molecule has 2 rings (SSSR count). The minimum atomic E-state index is -2.40. The molecule has 2 aromatic rings. The predicted molar refractivity (Wildman–Crippen MR) is 85.1 cm³/mol. The Kier molecular flexibility index (Phi) is 5.89. The molecule has 2 aromatic carbocycles. The number of ether oxygens (including phenoxy) is 1. The summed E-state index contributed by atoms with van der Waals surface area (Å²) in [5.41, 5.74) is -2.00. The molecule has 0 aliphatic carbocycles. The van der Waals surface area contributed by atoms with Crippen LogP contribution in [0.25, 0.3) is 0 Å². The van der Waals surface area contributed by atoms with Gasteiger partial charge in [-0.2, -0.15) is 4.39 Å². The Morgan fingerprint density at radius 2 is 1.48 bits per heavy atom. The molecule has 0 fully saturated rings. The SMILES string of the molecule is O=C(Oc1c(F)c(F)c(F)c(F)c1C(=O)[O-])c1cc(Br)cc(Br)c1Br. The van der Waals surface area contributed by atoms with Gasteiger partial charge in [0.25, 0.3) is 0 Å². The predicted octanol–water partition coefficient (Wildman–Crippen LogP) is 4.11. The van der Waals surface area contributed by atoms with E-state index in [1.165, 1.54) is 12.1 Å². The summed E-state index contributed by atoms with van der Waals surface area (Å²) in [6.07, 6.45) is 0. The normalized spacial score (nSPS) is 10.7. The minimum Gasteiger partial charge on any atom is -0.545 e. The second-order valence-electron chi connectivity index (χ2n) is 4.39. The van der Waals surface area contributed by atoms with Crippen LogP contribution in [-0.2, 0) is 0 Å². The lowest BCUT2D eigenvalue weighted by molar-refractivity contribution is -0.255. The van der Waals surface area contributed by atoms with Crippen LogP contribution in [-0.4, -0.2) is 11.9 Å². The van der Waals surface area contributed by atoms with E-state index in [0.717, 1.165) is 0 Å². The molecule has 25 heavy (non-hydrogen) atoms. The highest BCUT2D eigenvalue weighted by molar-refractivity contribution is 9.13. The monoisotopic (exact) mass is 547 g/mol. The topological polar surface area (TPSA) is 66.4 Å². The number of aromatic carboxylic acids is 1. The van der Waals surface area contributed by atoms with E-state index in [-0.39, 0.29) is 10.0 Å². The van der Waals surface area contributed by atoms with Gasteiger partial charge in [0.15, 0.2) is 17.4 Å². The lowest BCUT2D eigenvalue weighted by Crippen LogP contribution is -2.27. The number of carbonyl (C=O) groups excluding carboxylic acids is 2. The molecule has 0 aliphatic heterocycles. The first-order chi connectivity index (χ1) is 11.6. The number of rotatable bonds is 3. The first-order valence-corrected chi connectivity index (χ1v) is 8.38. The molecule has 0 bridgehead atoms. The van der Waals surface area contributed by atoms with Gasteiger partial charge in [-0.25, -0.2) is 18.0 Å². The van der Waals surface area contributed by atoms with Crippen LogP contribution in [0.3, 0.4) is 0 Å². The molecule has 0 aliphatic rings. The third-order valence-electron chi connectivity index (χ3n) is 2.84. The second kappa shape index (κ2) is 7.42. The fraction of sp³-hybridized carbons (Fsp3) is 0. The number of carboxylic acid groups (broad SMARTS) is 1. The van der Waals surface area contributed by atoms with Crippen LogP contribution in [0.15, 0.2) is 25.6 Å². The van der Waals surface area contributed by atoms with Gasteiger partial charge >= 0.3 is 5.97 Å². The number of hydrogen-bond acceptors (Lipinski definition) is 4. The lowest BCUT2D eigenvalue weighted by atomic mass is 10.1. The second-order valence-corrected chi connectivity index (χ2v) is 6.95. The van der Waals surface area contributed by atoms with Crippen molar-refractivity contribution in [2.24, 2.45) is 0 Å². The van der Waals surface area contributed by atoms with E-state index in [9.17, 15) is 32.3 Å². The van der Waals surface area contributed by atoms with Gasteiger partial charge in [-0.3, -0.25) is 0 Å². The van der Waals surface area contributed by atoms with E-state index in [0.29, 0.717) is 8.95 Å². The number of halogens is 7. The maximum Gasteiger partial charge on any atom is 0.344 e. The third kappa shape index (κ3) is 3.72. The summed E-state index contributed by atoms with van der Waals surface area (Å²) in [6.45, 7) is 0. The summed E-state index contributed by atoms with van der Waals surface area (Å²) >= 11 is 9.22. The van der Waals surface area contributed by atoms with Crippen molar-refractivity contribution in [1.29, 1.82) is 0 Å². The van der Waals surface area contributed by atoms with Crippen molar-refractivity contribution < 1.29 is 37.0 Å². The molecule has 0 atom stereocenters. The zero-order chi connectivity index (χ0) is 19.0. The molecule has 0 heterocycles. The van der Waals surface area contributed by atoms with Gasteiger partial charge in [-0.1, -0.05) is 15.9 Å². The number of esters is 1. The molecule has 132 valence electrons. The summed E-state index contributed by atoms with van der Waals surface area (Å²) in [4.78, 5) is 23.1. The minimum absolute atomic E-state index is 0.138. The molecule has 0 radical (unpaired) electrons. The van der Waals surface area contributed by atoms with Gasteiger partial charge in [-0.15, -0.1) is 0 Å². The third-order valence-corrected chi connectivity index (χ3v) is 5.31. The van der Waals surface area contributed by atoms with Crippen molar-refractivity contribution >= 4 is 59.7 Å². The largest absolute Gasteiger partial charge is 0.545 e. The molecule has 0 saturated heterocycles. The van der Waals surface area contributed by atoms with Crippen LogP contribution in [0.1, 0.15) is 20.7 Å². The Bertz CT molecular complexity index is 918. The van der Waals surface area contributed by atoms with Crippen LogP contribution in [0.5, 0.6) is 5.75 Å². The maximum atomic E-state index is 13.8. The molecule has 0 aromatic heterocycles. The fourth-order valence-corrected chi connectivity index (χ4v) is 3.36. The highest BCUT2D eigenvalue weighted by Gasteiger charge is 2.29. The van der Waals surface area contributed by atoms with Crippen LogP contribution >= 0.6 is 47.8 Å². The average molecular weight is 550 g/mol. The van der Waals surface area contributed by atoms with E-state index in [1.54, 1.807) is 0 Å². The zero-order valence-electron chi connectivity index (χ0n) is 11.4. The zero-order valence-corrected chi connectivity index (χ0v) is 16.2. The van der Waals surface area contributed by atoms with E-state index >= 15 is 0 Å². The Morgan fingerprint density at radius 1 is 0.920 bits per heavy atom. The summed E-state index contributed by atoms with van der Waals surface area (Å²) < 4.78 is 59.3. The number of benzene rings is 2. The van der Waals surface area contributed by atoms with Crippen molar-refractivity contribution in [3.05, 3.63) is 59.9 Å². The molecule has 0 unspecified atom stereocenters. The summed E-state index contributed by atoms with van der Waals surface area (Å²) in [6, 6.07) is 2.75. The Labute approximate surface area is 162 Å². The van der Waals surface area contributed by atoms with Gasteiger partial charge in [0.2, 0.25) is 11.6 Å². The molecule has 4 nitrogen and oxygen atoms in total. The summed E-state index contributed by atoms with van der Waals surface area (Å²) in [5, 5.41) is 10.9. The Morgan fingerprint density at radius 3 is 2.04 bits per heavy atom. The van der Waals surface area contributed by atoms with Crippen LogP contribution in [0.2, 0.25) is 0 Å². The maximum absolute atomic E-state index is 13.8. The van der Waals surface area contributed by atoms with Gasteiger partial charge < -0.3 is 14.6 Å². The number of hydrogen-bond donors (Lipinski definition) is 0. The molecule has 0 N–H and O–H groups in total. The van der Waals surface area contributed by atoms with Crippen LogP contribution in [0.4, 0.5) is 17.6 Å². The van der Waals surface area contributed by atoms with E-state index < -0.39 is 46.5 Å². The average Bonchev–Trinajstić information content (AvgIpc) is 2.53. The Hall–Kier alpha value is -1.46. The number of carbonyl (C=O) groups is 2. The van der Waals surface area contributed by atoms with Crippen molar-refractivity contribution in [2.75, 3.05) is 0 Å². The standard InChI is InChI=1S/C14H3Br3F4O4/c15-3-1-4(7(17)5(16)2-3)14(24)25-12-6(13(22)23)8(18)9(19)10(20)11(12)21/h1-2H,(H,22,23)/p-1.